The van der Waals surface area contributed by atoms with Gasteiger partial charge in [0.05, 0.1) is 5.56 Å². The molecule has 0 bridgehead atoms. The third-order valence-electron chi connectivity index (χ3n) is 2.64. The van der Waals surface area contributed by atoms with Crippen molar-refractivity contribution in [2.75, 3.05) is 13.1 Å². The molecule has 0 amide bonds. The lowest BCUT2D eigenvalue weighted by molar-refractivity contribution is -0.137. The Kier molecular flexibility index (Phi) is 4.60. The van der Waals surface area contributed by atoms with Crippen molar-refractivity contribution < 1.29 is 13.2 Å². The van der Waals surface area contributed by atoms with E-state index in [1.54, 1.807) is 12.1 Å². The SMILES string of the molecule is Cl.FC(F)(F)c1ccccc1C1=CCNCC1. The van der Waals surface area contributed by atoms with Crippen molar-refractivity contribution in [2.24, 2.45) is 0 Å². The first-order chi connectivity index (χ1) is 7.59. The van der Waals surface area contributed by atoms with E-state index in [4.69, 9.17) is 0 Å². The lowest BCUT2D eigenvalue weighted by Gasteiger charge is -2.18. The van der Waals surface area contributed by atoms with Crippen LogP contribution in [0.25, 0.3) is 5.57 Å². The molecule has 1 aliphatic rings. The highest BCUT2D eigenvalue weighted by molar-refractivity contribution is 5.85. The van der Waals surface area contributed by atoms with E-state index in [1.165, 1.54) is 6.07 Å². The Bertz CT molecular complexity index is 412. The molecule has 17 heavy (non-hydrogen) atoms. The standard InChI is InChI=1S/C12H12F3N.ClH/c13-12(14,15)11-4-2-1-3-10(11)9-5-7-16-8-6-9;/h1-5,16H,6-8H2;1H. The topological polar surface area (TPSA) is 12.0 Å². The zero-order valence-corrected chi connectivity index (χ0v) is 9.87. The van der Waals surface area contributed by atoms with Crippen molar-refractivity contribution in [2.45, 2.75) is 12.6 Å². The highest BCUT2D eigenvalue weighted by atomic mass is 35.5. The van der Waals surface area contributed by atoms with Crippen molar-refractivity contribution in [1.82, 2.24) is 5.32 Å². The number of rotatable bonds is 1. The molecule has 0 aliphatic carbocycles. The molecule has 1 heterocycles. The van der Waals surface area contributed by atoms with E-state index in [1.807, 2.05) is 6.08 Å². The van der Waals surface area contributed by atoms with Gasteiger partial charge in [-0.05, 0) is 30.2 Å². The van der Waals surface area contributed by atoms with Gasteiger partial charge in [-0.1, -0.05) is 24.3 Å². The van der Waals surface area contributed by atoms with Crippen LogP contribution in [0, 0.1) is 0 Å². The van der Waals surface area contributed by atoms with Crippen molar-refractivity contribution in [3.63, 3.8) is 0 Å². The van der Waals surface area contributed by atoms with Crippen LogP contribution >= 0.6 is 12.4 Å². The summed E-state index contributed by atoms with van der Waals surface area (Å²) in [6.07, 6.45) is -1.80. The molecule has 1 N–H and O–H groups in total. The van der Waals surface area contributed by atoms with Gasteiger partial charge in [-0.15, -0.1) is 12.4 Å². The normalized spacial score (nSPS) is 16.1. The fraction of sp³-hybridized carbons (Fsp3) is 0.333. The summed E-state index contributed by atoms with van der Waals surface area (Å²) < 4.78 is 38.3. The smallest absolute Gasteiger partial charge is 0.313 e. The molecular weight excluding hydrogens is 251 g/mol. The number of benzene rings is 1. The monoisotopic (exact) mass is 263 g/mol. The molecular formula is C12H13ClF3N. The van der Waals surface area contributed by atoms with Crippen molar-refractivity contribution in [3.05, 3.63) is 41.5 Å². The second-order valence-corrected chi connectivity index (χ2v) is 3.73. The van der Waals surface area contributed by atoms with Gasteiger partial charge in [-0.2, -0.15) is 13.2 Å². The van der Waals surface area contributed by atoms with Gasteiger partial charge < -0.3 is 5.32 Å². The molecule has 0 saturated heterocycles. The summed E-state index contributed by atoms with van der Waals surface area (Å²) in [6.45, 7) is 1.37. The molecule has 94 valence electrons. The average Bonchev–Trinajstić information content (AvgIpc) is 2.29. The summed E-state index contributed by atoms with van der Waals surface area (Å²) >= 11 is 0. The summed E-state index contributed by atoms with van der Waals surface area (Å²) in [6, 6.07) is 5.75. The Labute approximate surface area is 104 Å². The summed E-state index contributed by atoms with van der Waals surface area (Å²) in [7, 11) is 0. The number of halogens is 4. The van der Waals surface area contributed by atoms with E-state index in [2.05, 4.69) is 5.32 Å². The number of alkyl halides is 3. The van der Waals surface area contributed by atoms with Crippen LogP contribution < -0.4 is 5.32 Å². The predicted molar refractivity (Wildman–Crippen MR) is 64.2 cm³/mol. The summed E-state index contributed by atoms with van der Waals surface area (Å²) in [5.74, 6) is 0. The van der Waals surface area contributed by atoms with Gasteiger partial charge in [-0.25, -0.2) is 0 Å². The first-order valence-electron chi connectivity index (χ1n) is 5.15. The predicted octanol–water partition coefficient (Wildman–Crippen LogP) is 3.50. The van der Waals surface area contributed by atoms with Gasteiger partial charge in [0.25, 0.3) is 0 Å². The third-order valence-corrected chi connectivity index (χ3v) is 2.64. The molecule has 0 saturated carbocycles. The van der Waals surface area contributed by atoms with Crippen LogP contribution in [-0.2, 0) is 6.18 Å². The van der Waals surface area contributed by atoms with Crippen LogP contribution in [0.3, 0.4) is 0 Å². The Morgan fingerprint density at radius 2 is 1.82 bits per heavy atom. The van der Waals surface area contributed by atoms with E-state index in [0.717, 1.165) is 18.2 Å². The first kappa shape index (κ1) is 14.1. The zero-order chi connectivity index (χ0) is 11.6. The minimum atomic E-state index is -4.28. The lowest BCUT2D eigenvalue weighted by atomic mass is 9.95. The summed E-state index contributed by atoms with van der Waals surface area (Å²) in [4.78, 5) is 0. The molecule has 1 nitrogen and oxygen atoms in total. The van der Waals surface area contributed by atoms with Gasteiger partial charge in [0.2, 0.25) is 0 Å². The molecule has 5 heteroatoms. The van der Waals surface area contributed by atoms with Crippen LogP contribution in [0.1, 0.15) is 17.5 Å². The Hall–Kier alpha value is -1.00. The van der Waals surface area contributed by atoms with E-state index < -0.39 is 11.7 Å². The maximum absolute atomic E-state index is 12.8. The quantitative estimate of drug-likeness (QED) is 0.818. The van der Waals surface area contributed by atoms with Crippen molar-refractivity contribution in [3.8, 4) is 0 Å². The van der Waals surface area contributed by atoms with E-state index >= 15 is 0 Å². The molecule has 1 aromatic carbocycles. The number of hydrogen-bond acceptors (Lipinski definition) is 1. The summed E-state index contributed by atoms with van der Waals surface area (Å²) in [5.41, 5.74) is 0.561. The van der Waals surface area contributed by atoms with Crippen molar-refractivity contribution in [1.29, 1.82) is 0 Å². The van der Waals surface area contributed by atoms with Gasteiger partial charge in [0, 0.05) is 6.54 Å². The van der Waals surface area contributed by atoms with Crippen molar-refractivity contribution >= 4 is 18.0 Å². The highest BCUT2D eigenvalue weighted by Crippen LogP contribution is 2.35. The molecule has 0 aromatic heterocycles. The number of hydrogen-bond donors (Lipinski definition) is 1. The number of nitrogens with one attached hydrogen (secondary N) is 1. The van der Waals surface area contributed by atoms with Gasteiger partial charge in [-0.3, -0.25) is 0 Å². The fourth-order valence-electron chi connectivity index (χ4n) is 1.88. The minimum Gasteiger partial charge on any atom is -0.313 e. The Morgan fingerprint density at radius 3 is 2.41 bits per heavy atom. The molecule has 0 radical (unpaired) electrons. The Balaban J connectivity index is 0.00000144. The molecule has 0 unspecified atom stereocenters. The fourth-order valence-corrected chi connectivity index (χ4v) is 1.88. The first-order valence-corrected chi connectivity index (χ1v) is 5.15. The van der Waals surface area contributed by atoms with Gasteiger partial charge in [0.1, 0.15) is 0 Å². The van der Waals surface area contributed by atoms with Crippen LogP contribution in [0.5, 0.6) is 0 Å². The molecule has 0 spiro atoms. The van der Waals surface area contributed by atoms with Gasteiger partial charge in [0.15, 0.2) is 0 Å². The third kappa shape index (κ3) is 3.23. The summed E-state index contributed by atoms with van der Waals surface area (Å²) in [5, 5.41) is 3.09. The molecule has 2 rings (SSSR count). The zero-order valence-electron chi connectivity index (χ0n) is 9.05. The van der Waals surface area contributed by atoms with E-state index in [-0.39, 0.29) is 12.4 Å². The molecule has 1 aliphatic heterocycles. The lowest BCUT2D eigenvalue weighted by Crippen LogP contribution is -2.21. The van der Waals surface area contributed by atoms with Crippen LogP contribution in [-0.4, -0.2) is 13.1 Å². The molecule has 0 fully saturated rings. The Morgan fingerprint density at radius 1 is 1.12 bits per heavy atom. The minimum absolute atomic E-state index is 0. The van der Waals surface area contributed by atoms with Crippen LogP contribution in [0.15, 0.2) is 30.3 Å². The maximum atomic E-state index is 12.8. The average molecular weight is 264 g/mol. The van der Waals surface area contributed by atoms with E-state index in [9.17, 15) is 13.2 Å². The molecule has 0 atom stereocenters. The second kappa shape index (κ2) is 5.56. The van der Waals surface area contributed by atoms with Crippen LogP contribution in [0.4, 0.5) is 13.2 Å². The van der Waals surface area contributed by atoms with Gasteiger partial charge >= 0.3 is 6.18 Å². The maximum Gasteiger partial charge on any atom is 0.416 e. The van der Waals surface area contributed by atoms with Crippen LogP contribution in [0.2, 0.25) is 0 Å². The molecule has 1 aromatic rings. The largest absolute Gasteiger partial charge is 0.416 e. The second-order valence-electron chi connectivity index (χ2n) is 3.73. The highest BCUT2D eigenvalue weighted by Gasteiger charge is 2.33. The van der Waals surface area contributed by atoms with E-state index in [0.29, 0.717) is 18.5 Å².